The van der Waals surface area contributed by atoms with Gasteiger partial charge in [-0.15, -0.1) is 0 Å². The van der Waals surface area contributed by atoms with Crippen molar-refractivity contribution in [3.63, 3.8) is 0 Å². The average Bonchev–Trinajstić information content (AvgIpc) is 2.96. The number of methoxy groups -OCH3 is 1. The summed E-state index contributed by atoms with van der Waals surface area (Å²) in [6.45, 7) is 0.618. The summed E-state index contributed by atoms with van der Waals surface area (Å²) in [4.78, 5) is 4.18. The SMILES string of the molecule is COc1ccc(Cl)c(OC[C@H]2C[C@@H]3C[C@@H]3N2)n1. The van der Waals surface area contributed by atoms with Crippen LogP contribution < -0.4 is 14.8 Å². The standard InChI is InChI=1S/C12H15ClN2O2/c1-16-11-3-2-9(13)12(15-11)17-6-8-4-7-5-10(7)14-8/h2-3,7-8,10,14H,4-6H2,1H3/t7-,8-,10+/m1/s1. The Kier molecular flexibility index (Phi) is 2.84. The van der Waals surface area contributed by atoms with E-state index >= 15 is 0 Å². The lowest BCUT2D eigenvalue weighted by Gasteiger charge is -2.14. The van der Waals surface area contributed by atoms with Crippen LogP contribution in [0, 0.1) is 5.92 Å². The summed E-state index contributed by atoms with van der Waals surface area (Å²) in [5, 5.41) is 4.04. The van der Waals surface area contributed by atoms with E-state index in [0.717, 1.165) is 12.0 Å². The molecule has 1 saturated carbocycles. The van der Waals surface area contributed by atoms with Gasteiger partial charge in [0.05, 0.1) is 7.11 Å². The second-order valence-corrected chi connectivity index (χ2v) is 5.06. The topological polar surface area (TPSA) is 43.4 Å². The first kappa shape index (κ1) is 11.1. The van der Waals surface area contributed by atoms with Crippen molar-refractivity contribution in [3.05, 3.63) is 17.2 Å². The molecule has 1 aromatic heterocycles. The molecule has 17 heavy (non-hydrogen) atoms. The van der Waals surface area contributed by atoms with E-state index in [0.29, 0.717) is 29.4 Å². The van der Waals surface area contributed by atoms with Crippen LogP contribution in [0.2, 0.25) is 5.02 Å². The molecule has 0 aromatic carbocycles. The third-order valence-corrected chi connectivity index (χ3v) is 3.67. The zero-order valence-electron chi connectivity index (χ0n) is 9.65. The monoisotopic (exact) mass is 254 g/mol. The van der Waals surface area contributed by atoms with Crippen molar-refractivity contribution in [1.29, 1.82) is 0 Å². The molecule has 92 valence electrons. The van der Waals surface area contributed by atoms with Gasteiger partial charge in [0.2, 0.25) is 11.8 Å². The van der Waals surface area contributed by atoms with Crippen LogP contribution in [0.3, 0.4) is 0 Å². The van der Waals surface area contributed by atoms with Crippen molar-refractivity contribution in [1.82, 2.24) is 10.3 Å². The van der Waals surface area contributed by atoms with Crippen LogP contribution in [-0.4, -0.2) is 30.8 Å². The van der Waals surface area contributed by atoms with Gasteiger partial charge in [0.1, 0.15) is 11.6 Å². The van der Waals surface area contributed by atoms with Crippen LogP contribution in [0.4, 0.5) is 0 Å². The summed E-state index contributed by atoms with van der Waals surface area (Å²) < 4.78 is 10.7. The number of ether oxygens (including phenoxy) is 2. The van der Waals surface area contributed by atoms with Crippen LogP contribution in [0.15, 0.2) is 12.1 Å². The first-order chi connectivity index (χ1) is 8.26. The summed E-state index contributed by atoms with van der Waals surface area (Å²) >= 11 is 6.01. The molecule has 0 spiro atoms. The molecule has 2 heterocycles. The Balaban J connectivity index is 1.60. The maximum Gasteiger partial charge on any atom is 0.235 e. The van der Waals surface area contributed by atoms with E-state index in [1.807, 2.05) is 0 Å². The molecule has 2 aliphatic rings. The number of piperidine rings is 1. The molecule has 1 aliphatic carbocycles. The van der Waals surface area contributed by atoms with Crippen molar-refractivity contribution >= 4 is 11.6 Å². The maximum absolute atomic E-state index is 6.01. The molecule has 0 bridgehead atoms. The number of hydrogen-bond acceptors (Lipinski definition) is 4. The minimum Gasteiger partial charge on any atom is -0.481 e. The van der Waals surface area contributed by atoms with Crippen molar-refractivity contribution in [2.75, 3.05) is 13.7 Å². The second-order valence-electron chi connectivity index (χ2n) is 4.65. The van der Waals surface area contributed by atoms with Crippen molar-refractivity contribution < 1.29 is 9.47 Å². The highest BCUT2D eigenvalue weighted by molar-refractivity contribution is 6.31. The van der Waals surface area contributed by atoms with Gasteiger partial charge in [0.25, 0.3) is 0 Å². The highest BCUT2D eigenvalue weighted by Crippen LogP contribution is 2.40. The van der Waals surface area contributed by atoms with Crippen molar-refractivity contribution in [3.8, 4) is 11.8 Å². The van der Waals surface area contributed by atoms with Gasteiger partial charge >= 0.3 is 0 Å². The average molecular weight is 255 g/mol. The van der Waals surface area contributed by atoms with Crippen molar-refractivity contribution in [2.45, 2.75) is 24.9 Å². The fourth-order valence-corrected chi connectivity index (χ4v) is 2.53. The number of halogens is 1. The lowest BCUT2D eigenvalue weighted by Crippen LogP contribution is -2.31. The third kappa shape index (κ3) is 2.33. The van der Waals surface area contributed by atoms with Crippen LogP contribution in [0.5, 0.6) is 11.8 Å². The predicted octanol–water partition coefficient (Wildman–Crippen LogP) is 1.87. The number of fused-ring (bicyclic) bond motifs is 1. The minimum atomic E-state index is 0.433. The number of pyridine rings is 1. The fraction of sp³-hybridized carbons (Fsp3) is 0.583. The molecule has 5 heteroatoms. The summed E-state index contributed by atoms with van der Waals surface area (Å²) in [5.74, 6) is 1.84. The highest BCUT2D eigenvalue weighted by Gasteiger charge is 2.45. The van der Waals surface area contributed by atoms with E-state index in [2.05, 4.69) is 10.3 Å². The van der Waals surface area contributed by atoms with Crippen LogP contribution in [0.25, 0.3) is 0 Å². The molecular weight excluding hydrogens is 240 g/mol. The molecular formula is C12H15ClN2O2. The van der Waals surface area contributed by atoms with Gasteiger partial charge in [-0.3, -0.25) is 0 Å². The molecule has 3 atom stereocenters. The Morgan fingerprint density at radius 2 is 2.35 bits per heavy atom. The fourth-order valence-electron chi connectivity index (χ4n) is 2.37. The first-order valence-electron chi connectivity index (χ1n) is 5.85. The second kappa shape index (κ2) is 4.35. The Bertz CT molecular complexity index is 417. The lowest BCUT2D eigenvalue weighted by molar-refractivity contribution is 0.255. The number of nitrogens with one attached hydrogen (secondary N) is 1. The Morgan fingerprint density at radius 1 is 1.47 bits per heavy atom. The van der Waals surface area contributed by atoms with Gasteiger partial charge in [0.15, 0.2) is 0 Å². The molecule has 3 rings (SSSR count). The van der Waals surface area contributed by atoms with E-state index in [-0.39, 0.29) is 0 Å². The van der Waals surface area contributed by atoms with Gasteiger partial charge < -0.3 is 14.8 Å². The van der Waals surface area contributed by atoms with Gasteiger partial charge in [-0.25, -0.2) is 0 Å². The van der Waals surface area contributed by atoms with Gasteiger partial charge in [0, 0.05) is 18.2 Å². The van der Waals surface area contributed by atoms with E-state index in [4.69, 9.17) is 21.1 Å². The van der Waals surface area contributed by atoms with Crippen molar-refractivity contribution in [2.24, 2.45) is 5.92 Å². The molecule has 1 saturated heterocycles. The zero-order chi connectivity index (χ0) is 11.8. The maximum atomic E-state index is 6.01. The molecule has 1 aromatic rings. The number of hydrogen-bond donors (Lipinski definition) is 1. The van der Waals surface area contributed by atoms with Crippen LogP contribution in [-0.2, 0) is 0 Å². The van der Waals surface area contributed by atoms with E-state index in [1.165, 1.54) is 12.8 Å². The summed E-state index contributed by atoms with van der Waals surface area (Å²) in [6, 6.07) is 4.63. The lowest BCUT2D eigenvalue weighted by atomic mass is 10.2. The normalized spacial score (nSPS) is 29.9. The molecule has 1 aliphatic heterocycles. The van der Waals surface area contributed by atoms with E-state index < -0.39 is 0 Å². The zero-order valence-corrected chi connectivity index (χ0v) is 10.4. The Labute approximate surface area is 105 Å². The molecule has 4 nitrogen and oxygen atoms in total. The Hall–Kier alpha value is -1.00. The predicted molar refractivity (Wildman–Crippen MR) is 64.7 cm³/mol. The minimum absolute atomic E-state index is 0.433. The summed E-state index contributed by atoms with van der Waals surface area (Å²) in [7, 11) is 1.58. The number of rotatable bonds is 4. The highest BCUT2D eigenvalue weighted by atomic mass is 35.5. The molecule has 2 fully saturated rings. The number of aromatic nitrogens is 1. The van der Waals surface area contributed by atoms with Crippen LogP contribution >= 0.6 is 11.6 Å². The van der Waals surface area contributed by atoms with Crippen LogP contribution in [0.1, 0.15) is 12.8 Å². The quantitative estimate of drug-likeness (QED) is 0.891. The molecule has 1 N–H and O–H groups in total. The number of nitrogens with zero attached hydrogens (tertiary/aromatic N) is 1. The molecule has 0 unspecified atom stereocenters. The van der Waals surface area contributed by atoms with Gasteiger partial charge in [-0.2, -0.15) is 4.98 Å². The molecule has 0 amide bonds. The van der Waals surface area contributed by atoms with E-state index in [9.17, 15) is 0 Å². The van der Waals surface area contributed by atoms with Gasteiger partial charge in [-0.1, -0.05) is 11.6 Å². The largest absolute Gasteiger partial charge is 0.481 e. The summed E-state index contributed by atoms with van der Waals surface area (Å²) in [6.07, 6.45) is 2.53. The third-order valence-electron chi connectivity index (χ3n) is 3.38. The smallest absolute Gasteiger partial charge is 0.235 e. The Morgan fingerprint density at radius 3 is 3.06 bits per heavy atom. The summed E-state index contributed by atoms with van der Waals surface area (Å²) in [5.41, 5.74) is 0. The molecule has 0 radical (unpaired) electrons. The first-order valence-corrected chi connectivity index (χ1v) is 6.23. The van der Waals surface area contributed by atoms with E-state index in [1.54, 1.807) is 19.2 Å². The van der Waals surface area contributed by atoms with Gasteiger partial charge in [-0.05, 0) is 24.8 Å².